The zero-order valence-electron chi connectivity index (χ0n) is 15.6. The molecule has 2 rings (SSSR count). The van der Waals surface area contributed by atoms with Crippen molar-refractivity contribution in [3.8, 4) is 0 Å². The molecule has 0 spiro atoms. The molecule has 0 bridgehead atoms. The summed E-state index contributed by atoms with van der Waals surface area (Å²) in [4.78, 5) is 7.01. The maximum atomic E-state index is 11.0. The van der Waals surface area contributed by atoms with Gasteiger partial charge in [-0.05, 0) is 44.0 Å². The number of primary sulfonamides is 1. The van der Waals surface area contributed by atoms with Gasteiger partial charge in [-0.2, -0.15) is 0 Å². The molecule has 8 heteroatoms. The molecular formula is C18H31N5O2S. The average Bonchev–Trinajstić information content (AvgIpc) is 2.61. The Labute approximate surface area is 157 Å². The maximum absolute atomic E-state index is 11.0. The standard InChI is InChI=1S/C18H31N5O2S/c1-2-20-18(21-10-13-26(19,24)25)22-14-16-6-8-17(9-7-16)15-23-11-4-3-5-12-23/h6-9H,2-5,10-15H2,1H3,(H2,19,24,25)(H2,20,21,22). The topological polar surface area (TPSA) is 99.8 Å². The second-order valence-electron chi connectivity index (χ2n) is 6.64. The highest BCUT2D eigenvalue weighted by molar-refractivity contribution is 7.89. The third-order valence-corrected chi connectivity index (χ3v) is 5.09. The van der Waals surface area contributed by atoms with Crippen molar-refractivity contribution in [1.82, 2.24) is 15.5 Å². The Hall–Kier alpha value is -1.64. The molecule has 1 aliphatic rings. The monoisotopic (exact) mass is 381 g/mol. The van der Waals surface area contributed by atoms with E-state index in [-0.39, 0.29) is 12.3 Å². The normalized spacial score (nSPS) is 16.5. The molecule has 146 valence electrons. The van der Waals surface area contributed by atoms with Crippen molar-refractivity contribution in [1.29, 1.82) is 0 Å². The Kier molecular flexibility index (Phi) is 8.34. The number of nitrogens with zero attached hydrogens (tertiary/aromatic N) is 2. The number of piperidine rings is 1. The Balaban J connectivity index is 1.85. The van der Waals surface area contributed by atoms with Crippen LogP contribution in [0.3, 0.4) is 0 Å². The smallest absolute Gasteiger partial charge is 0.210 e. The summed E-state index contributed by atoms with van der Waals surface area (Å²) in [6, 6.07) is 8.55. The highest BCUT2D eigenvalue weighted by atomic mass is 32.2. The van der Waals surface area contributed by atoms with Crippen LogP contribution >= 0.6 is 0 Å². The Morgan fingerprint density at radius 1 is 1.12 bits per heavy atom. The number of aliphatic imine (C=N–C) groups is 1. The molecule has 0 amide bonds. The van der Waals surface area contributed by atoms with Crippen LogP contribution < -0.4 is 15.8 Å². The van der Waals surface area contributed by atoms with Crippen LogP contribution in [-0.2, 0) is 23.1 Å². The van der Waals surface area contributed by atoms with E-state index in [9.17, 15) is 8.42 Å². The zero-order valence-corrected chi connectivity index (χ0v) is 16.4. The molecule has 1 aliphatic heterocycles. The van der Waals surface area contributed by atoms with E-state index in [2.05, 4.69) is 44.8 Å². The summed E-state index contributed by atoms with van der Waals surface area (Å²) in [7, 11) is -3.47. The van der Waals surface area contributed by atoms with Gasteiger partial charge in [0.05, 0.1) is 12.3 Å². The van der Waals surface area contributed by atoms with Gasteiger partial charge in [0, 0.05) is 19.6 Å². The van der Waals surface area contributed by atoms with Crippen LogP contribution in [-0.4, -0.2) is 51.2 Å². The summed E-state index contributed by atoms with van der Waals surface area (Å²) in [5.74, 6) is 0.469. The van der Waals surface area contributed by atoms with Gasteiger partial charge in [0.1, 0.15) is 0 Å². The molecule has 1 aromatic rings. The summed E-state index contributed by atoms with van der Waals surface area (Å²) < 4.78 is 22.0. The summed E-state index contributed by atoms with van der Waals surface area (Å²) in [5.41, 5.74) is 2.45. The van der Waals surface area contributed by atoms with Crippen molar-refractivity contribution in [3.05, 3.63) is 35.4 Å². The van der Waals surface area contributed by atoms with Gasteiger partial charge in [0.15, 0.2) is 5.96 Å². The quantitative estimate of drug-likeness (QED) is 0.461. The predicted octanol–water partition coefficient (Wildman–Crippen LogP) is 1.02. The van der Waals surface area contributed by atoms with E-state index in [0.717, 1.165) is 12.1 Å². The first-order valence-electron chi connectivity index (χ1n) is 9.29. The van der Waals surface area contributed by atoms with E-state index < -0.39 is 10.0 Å². The van der Waals surface area contributed by atoms with Crippen LogP contribution in [0.1, 0.15) is 37.3 Å². The molecule has 0 aliphatic carbocycles. The third-order valence-electron chi connectivity index (χ3n) is 4.32. The number of hydrogen-bond acceptors (Lipinski definition) is 4. The summed E-state index contributed by atoms with van der Waals surface area (Å²) >= 11 is 0. The summed E-state index contributed by atoms with van der Waals surface area (Å²) in [5, 5.41) is 11.1. The maximum Gasteiger partial charge on any atom is 0.210 e. The molecule has 26 heavy (non-hydrogen) atoms. The van der Waals surface area contributed by atoms with Crippen molar-refractivity contribution >= 4 is 16.0 Å². The fraction of sp³-hybridized carbons (Fsp3) is 0.611. The Morgan fingerprint density at radius 2 is 1.77 bits per heavy atom. The SMILES string of the molecule is CCNC(=NCc1ccc(CN2CCCCC2)cc1)NCCS(N)(=O)=O. The molecule has 7 nitrogen and oxygen atoms in total. The summed E-state index contributed by atoms with van der Waals surface area (Å²) in [6.07, 6.45) is 3.96. The lowest BCUT2D eigenvalue weighted by Gasteiger charge is -2.26. The van der Waals surface area contributed by atoms with Gasteiger partial charge in [0.25, 0.3) is 0 Å². The number of rotatable bonds is 8. The molecule has 0 atom stereocenters. The molecule has 0 radical (unpaired) electrons. The van der Waals surface area contributed by atoms with Gasteiger partial charge >= 0.3 is 0 Å². The highest BCUT2D eigenvalue weighted by Crippen LogP contribution is 2.13. The number of nitrogens with one attached hydrogen (secondary N) is 2. The Morgan fingerprint density at radius 3 is 2.38 bits per heavy atom. The number of likely N-dealkylation sites (tertiary alicyclic amines) is 1. The lowest BCUT2D eigenvalue weighted by molar-refractivity contribution is 0.221. The largest absolute Gasteiger partial charge is 0.357 e. The highest BCUT2D eigenvalue weighted by Gasteiger charge is 2.10. The average molecular weight is 382 g/mol. The number of nitrogens with two attached hydrogens (primary N) is 1. The van der Waals surface area contributed by atoms with E-state index in [1.807, 2.05) is 6.92 Å². The molecule has 0 saturated carbocycles. The molecule has 1 fully saturated rings. The van der Waals surface area contributed by atoms with Gasteiger partial charge in [-0.25, -0.2) is 18.5 Å². The van der Waals surface area contributed by atoms with E-state index in [0.29, 0.717) is 19.0 Å². The minimum Gasteiger partial charge on any atom is -0.357 e. The first-order valence-corrected chi connectivity index (χ1v) is 11.0. The van der Waals surface area contributed by atoms with Gasteiger partial charge < -0.3 is 10.6 Å². The van der Waals surface area contributed by atoms with Gasteiger partial charge in [-0.1, -0.05) is 30.7 Å². The zero-order chi connectivity index (χ0) is 18.8. The van der Waals surface area contributed by atoms with Crippen molar-refractivity contribution in [3.63, 3.8) is 0 Å². The fourth-order valence-electron chi connectivity index (χ4n) is 2.95. The minimum absolute atomic E-state index is 0.122. The molecular weight excluding hydrogens is 350 g/mol. The van der Waals surface area contributed by atoms with Gasteiger partial charge in [-0.3, -0.25) is 4.90 Å². The first-order chi connectivity index (χ1) is 12.5. The summed E-state index contributed by atoms with van der Waals surface area (Å²) in [6.45, 7) is 6.85. The van der Waals surface area contributed by atoms with E-state index >= 15 is 0 Å². The lowest BCUT2D eigenvalue weighted by Crippen LogP contribution is -2.40. The van der Waals surface area contributed by atoms with Crippen molar-refractivity contribution in [2.24, 2.45) is 10.1 Å². The molecule has 0 aromatic heterocycles. The van der Waals surface area contributed by atoms with Gasteiger partial charge in [-0.15, -0.1) is 0 Å². The first kappa shape index (κ1) is 20.7. The van der Waals surface area contributed by atoms with Crippen molar-refractivity contribution in [2.75, 3.05) is 31.9 Å². The number of hydrogen-bond donors (Lipinski definition) is 3. The van der Waals surface area contributed by atoms with E-state index in [1.165, 1.54) is 37.9 Å². The molecule has 1 heterocycles. The molecule has 1 saturated heterocycles. The van der Waals surface area contributed by atoms with Gasteiger partial charge in [0.2, 0.25) is 10.0 Å². The van der Waals surface area contributed by atoms with E-state index in [1.54, 1.807) is 0 Å². The van der Waals surface area contributed by atoms with Crippen LogP contribution in [0.4, 0.5) is 0 Å². The Bertz CT molecular complexity index is 667. The molecule has 1 aromatic carbocycles. The lowest BCUT2D eigenvalue weighted by atomic mass is 10.1. The van der Waals surface area contributed by atoms with E-state index in [4.69, 9.17) is 5.14 Å². The molecule has 4 N–H and O–H groups in total. The van der Waals surface area contributed by atoms with Crippen LogP contribution in [0.5, 0.6) is 0 Å². The second-order valence-corrected chi connectivity index (χ2v) is 8.38. The number of guanidine groups is 1. The fourth-order valence-corrected chi connectivity index (χ4v) is 3.34. The van der Waals surface area contributed by atoms with Crippen LogP contribution in [0.2, 0.25) is 0 Å². The minimum atomic E-state index is -3.47. The molecule has 0 unspecified atom stereocenters. The van der Waals surface area contributed by atoms with Crippen LogP contribution in [0.25, 0.3) is 0 Å². The van der Waals surface area contributed by atoms with Crippen molar-refractivity contribution in [2.45, 2.75) is 39.3 Å². The van der Waals surface area contributed by atoms with Crippen LogP contribution in [0, 0.1) is 0 Å². The number of benzene rings is 1. The van der Waals surface area contributed by atoms with Crippen molar-refractivity contribution < 1.29 is 8.42 Å². The third kappa shape index (κ3) is 8.16. The second kappa shape index (κ2) is 10.5. The van der Waals surface area contributed by atoms with Crippen LogP contribution in [0.15, 0.2) is 29.3 Å². The number of sulfonamides is 1. The predicted molar refractivity (Wildman–Crippen MR) is 106 cm³/mol.